The van der Waals surface area contributed by atoms with Gasteiger partial charge in [-0.05, 0) is 30.7 Å². The summed E-state index contributed by atoms with van der Waals surface area (Å²) in [4.78, 5) is 1.44. The fraction of sp³-hybridized carbons (Fsp3) is 0.333. The normalized spacial score (nSPS) is 19.7. The highest BCUT2D eigenvalue weighted by Gasteiger charge is 2.23. The van der Waals surface area contributed by atoms with Gasteiger partial charge in [-0.2, -0.15) is 0 Å². The number of hydrogen-bond donors (Lipinski definition) is 1. The lowest BCUT2D eigenvalue weighted by molar-refractivity contribution is 0.424. The standard InChI is InChI=1S/C15H17NOS/c1-11(14-6-4-8-17-14)16-9-12-10-18-15-7-3-2-5-13(12)15/h2-8,11-12,16H,9-10H2,1H3/t11-,12?/m1/s1. The topological polar surface area (TPSA) is 25.2 Å². The first-order chi connectivity index (χ1) is 8.84. The minimum Gasteiger partial charge on any atom is -0.468 e. The molecule has 0 spiro atoms. The predicted octanol–water partition coefficient (Wildman–Crippen LogP) is 3.82. The molecule has 2 nitrogen and oxygen atoms in total. The lowest BCUT2D eigenvalue weighted by Gasteiger charge is -2.16. The van der Waals surface area contributed by atoms with Crippen molar-refractivity contribution >= 4 is 11.8 Å². The summed E-state index contributed by atoms with van der Waals surface area (Å²) >= 11 is 1.96. The van der Waals surface area contributed by atoms with E-state index in [0.717, 1.165) is 12.3 Å². The molecule has 1 aliphatic heterocycles. The van der Waals surface area contributed by atoms with Crippen LogP contribution in [0.15, 0.2) is 52.0 Å². The number of rotatable bonds is 4. The first-order valence-electron chi connectivity index (χ1n) is 6.33. The Bertz CT molecular complexity index is 509. The molecule has 1 aliphatic rings. The van der Waals surface area contributed by atoms with E-state index >= 15 is 0 Å². The second kappa shape index (κ2) is 5.21. The molecule has 0 saturated carbocycles. The van der Waals surface area contributed by atoms with Crippen LogP contribution in [0.1, 0.15) is 30.2 Å². The molecule has 2 atom stereocenters. The number of fused-ring (bicyclic) bond motifs is 1. The average Bonchev–Trinajstić information content (AvgIpc) is 3.06. The van der Waals surface area contributed by atoms with Crippen LogP contribution in [0.4, 0.5) is 0 Å². The van der Waals surface area contributed by atoms with Gasteiger partial charge >= 0.3 is 0 Å². The van der Waals surface area contributed by atoms with Gasteiger partial charge in [0.25, 0.3) is 0 Å². The summed E-state index contributed by atoms with van der Waals surface area (Å²) in [5.74, 6) is 2.80. The molecule has 0 amide bonds. The molecule has 2 heterocycles. The quantitative estimate of drug-likeness (QED) is 0.903. The molecule has 1 unspecified atom stereocenters. The smallest absolute Gasteiger partial charge is 0.120 e. The lowest BCUT2D eigenvalue weighted by atomic mass is 10.0. The van der Waals surface area contributed by atoms with Crippen LogP contribution in [0.25, 0.3) is 0 Å². The van der Waals surface area contributed by atoms with Crippen molar-refractivity contribution in [1.82, 2.24) is 5.32 Å². The Balaban J connectivity index is 1.62. The summed E-state index contributed by atoms with van der Waals surface area (Å²) < 4.78 is 5.41. The number of benzene rings is 1. The van der Waals surface area contributed by atoms with Crippen LogP contribution < -0.4 is 5.32 Å². The van der Waals surface area contributed by atoms with Gasteiger partial charge in [-0.15, -0.1) is 11.8 Å². The van der Waals surface area contributed by atoms with Crippen molar-refractivity contribution in [3.63, 3.8) is 0 Å². The van der Waals surface area contributed by atoms with E-state index in [9.17, 15) is 0 Å². The maximum atomic E-state index is 5.41. The summed E-state index contributed by atoms with van der Waals surface area (Å²) in [6, 6.07) is 13.0. The summed E-state index contributed by atoms with van der Waals surface area (Å²) in [6.45, 7) is 3.15. The van der Waals surface area contributed by atoms with Crippen molar-refractivity contribution in [2.24, 2.45) is 0 Å². The molecule has 0 saturated heterocycles. The van der Waals surface area contributed by atoms with Crippen LogP contribution in [-0.2, 0) is 0 Å². The fourth-order valence-electron chi connectivity index (χ4n) is 2.36. The van der Waals surface area contributed by atoms with Gasteiger partial charge in [-0.3, -0.25) is 0 Å². The van der Waals surface area contributed by atoms with Crippen molar-refractivity contribution in [3.8, 4) is 0 Å². The Hall–Kier alpha value is -1.19. The largest absolute Gasteiger partial charge is 0.468 e. The van der Waals surface area contributed by atoms with Crippen LogP contribution in [0.2, 0.25) is 0 Å². The third kappa shape index (κ3) is 2.33. The predicted molar refractivity (Wildman–Crippen MR) is 75.0 cm³/mol. The van der Waals surface area contributed by atoms with Gasteiger partial charge in [0.2, 0.25) is 0 Å². The molecule has 2 aromatic rings. The molecule has 3 heteroatoms. The number of thioether (sulfide) groups is 1. The van der Waals surface area contributed by atoms with Crippen LogP contribution in [0.5, 0.6) is 0 Å². The van der Waals surface area contributed by atoms with Gasteiger partial charge in [0.05, 0.1) is 12.3 Å². The number of hydrogen-bond acceptors (Lipinski definition) is 3. The van der Waals surface area contributed by atoms with Crippen molar-refractivity contribution in [1.29, 1.82) is 0 Å². The van der Waals surface area contributed by atoms with E-state index in [-0.39, 0.29) is 6.04 Å². The van der Waals surface area contributed by atoms with Crippen LogP contribution in [0.3, 0.4) is 0 Å². The summed E-state index contributed by atoms with van der Waals surface area (Å²) in [7, 11) is 0. The summed E-state index contributed by atoms with van der Waals surface area (Å²) in [6.07, 6.45) is 1.73. The van der Waals surface area contributed by atoms with Gasteiger partial charge in [0.15, 0.2) is 0 Å². The van der Waals surface area contributed by atoms with E-state index in [1.165, 1.54) is 16.2 Å². The zero-order valence-corrected chi connectivity index (χ0v) is 11.2. The molecule has 3 rings (SSSR count). The second-order valence-corrected chi connectivity index (χ2v) is 5.75. The van der Waals surface area contributed by atoms with Gasteiger partial charge in [0.1, 0.15) is 5.76 Å². The SMILES string of the molecule is C[C@@H](NCC1CSc2ccccc21)c1ccco1. The van der Waals surface area contributed by atoms with Crippen molar-refractivity contribution in [3.05, 3.63) is 54.0 Å². The van der Waals surface area contributed by atoms with Crippen molar-refractivity contribution in [2.45, 2.75) is 23.8 Å². The Morgan fingerprint density at radius 3 is 3.06 bits per heavy atom. The Labute approximate surface area is 112 Å². The monoisotopic (exact) mass is 259 g/mol. The first-order valence-corrected chi connectivity index (χ1v) is 7.31. The summed E-state index contributed by atoms with van der Waals surface area (Å²) in [5, 5.41) is 3.56. The highest BCUT2D eigenvalue weighted by Crippen LogP contribution is 2.39. The van der Waals surface area contributed by atoms with Crippen LogP contribution >= 0.6 is 11.8 Å². The number of furan rings is 1. The Kier molecular flexibility index (Phi) is 3.43. The molecule has 1 aromatic heterocycles. The third-order valence-corrected chi connectivity index (χ3v) is 4.69. The summed E-state index contributed by atoms with van der Waals surface area (Å²) in [5.41, 5.74) is 1.49. The Morgan fingerprint density at radius 1 is 1.33 bits per heavy atom. The van der Waals surface area contributed by atoms with Crippen molar-refractivity contribution < 1.29 is 4.42 Å². The zero-order valence-electron chi connectivity index (χ0n) is 10.4. The van der Waals surface area contributed by atoms with E-state index in [4.69, 9.17) is 4.42 Å². The molecular formula is C15H17NOS. The maximum Gasteiger partial charge on any atom is 0.120 e. The molecule has 18 heavy (non-hydrogen) atoms. The highest BCUT2D eigenvalue weighted by molar-refractivity contribution is 7.99. The molecule has 0 radical (unpaired) electrons. The zero-order chi connectivity index (χ0) is 12.4. The highest BCUT2D eigenvalue weighted by atomic mass is 32.2. The third-order valence-electron chi connectivity index (χ3n) is 3.44. The minimum absolute atomic E-state index is 0.276. The molecule has 94 valence electrons. The average molecular weight is 259 g/mol. The van der Waals surface area contributed by atoms with Crippen LogP contribution in [-0.4, -0.2) is 12.3 Å². The van der Waals surface area contributed by atoms with E-state index in [0.29, 0.717) is 5.92 Å². The van der Waals surface area contributed by atoms with E-state index in [2.05, 4.69) is 36.5 Å². The van der Waals surface area contributed by atoms with Crippen molar-refractivity contribution in [2.75, 3.05) is 12.3 Å². The first kappa shape index (κ1) is 11.9. The van der Waals surface area contributed by atoms with Crippen LogP contribution in [0, 0.1) is 0 Å². The molecule has 1 aromatic carbocycles. The van der Waals surface area contributed by atoms with Gasteiger partial charge in [-0.1, -0.05) is 18.2 Å². The van der Waals surface area contributed by atoms with Gasteiger partial charge < -0.3 is 9.73 Å². The fourth-order valence-corrected chi connectivity index (χ4v) is 3.61. The van der Waals surface area contributed by atoms with E-state index < -0.39 is 0 Å². The van der Waals surface area contributed by atoms with E-state index in [1.54, 1.807) is 6.26 Å². The number of nitrogens with one attached hydrogen (secondary N) is 1. The molecule has 1 N–H and O–H groups in total. The molecular weight excluding hydrogens is 242 g/mol. The van der Waals surface area contributed by atoms with E-state index in [1.807, 2.05) is 23.9 Å². The van der Waals surface area contributed by atoms with Gasteiger partial charge in [0, 0.05) is 23.1 Å². The molecule has 0 fully saturated rings. The second-order valence-electron chi connectivity index (χ2n) is 4.69. The Morgan fingerprint density at radius 2 is 2.22 bits per heavy atom. The molecule has 0 bridgehead atoms. The lowest BCUT2D eigenvalue weighted by Crippen LogP contribution is -2.24. The van der Waals surface area contributed by atoms with Gasteiger partial charge in [-0.25, -0.2) is 0 Å². The molecule has 0 aliphatic carbocycles. The minimum atomic E-state index is 0.276. The maximum absolute atomic E-state index is 5.41.